The molecule has 0 fully saturated rings. The standard InChI is InChI=1S/C15H22BrClFN/c1-4-7-19-15(10(5-2)6-3)11-8-13(17)12(16)9-14(11)18/h8-10,15,19H,4-7H2,1-3H3. The molecule has 1 aromatic carbocycles. The molecule has 0 aliphatic rings. The molecule has 0 aromatic heterocycles. The predicted molar refractivity (Wildman–Crippen MR) is 84.2 cm³/mol. The molecule has 1 N–H and O–H groups in total. The average molecular weight is 351 g/mol. The van der Waals surface area contributed by atoms with Gasteiger partial charge in [-0.2, -0.15) is 0 Å². The Hall–Kier alpha value is -0.120. The van der Waals surface area contributed by atoms with E-state index in [0.29, 0.717) is 21.0 Å². The third-order valence-corrected chi connectivity index (χ3v) is 4.71. The van der Waals surface area contributed by atoms with Crippen LogP contribution in [0.1, 0.15) is 51.6 Å². The van der Waals surface area contributed by atoms with Gasteiger partial charge in [0.15, 0.2) is 0 Å². The van der Waals surface area contributed by atoms with E-state index in [4.69, 9.17) is 11.6 Å². The second-order valence-electron chi connectivity index (χ2n) is 4.80. The highest BCUT2D eigenvalue weighted by Gasteiger charge is 2.23. The van der Waals surface area contributed by atoms with Gasteiger partial charge >= 0.3 is 0 Å². The van der Waals surface area contributed by atoms with Crippen molar-refractivity contribution in [1.29, 1.82) is 0 Å². The molecule has 0 aliphatic carbocycles. The van der Waals surface area contributed by atoms with Crippen LogP contribution >= 0.6 is 27.5 Å². The first-order valence-electron chi connectivity index (χ1n) is 6.92. The summed E-state index contributed by atoms with van der Waals surface area (Å²) in [5.74, 6) is 0.218. The van der Waals surface area contributed by atoms with Crippen LogP contribution in [0.25, 0.3) is 0 Å². The molecule has 4 heteroatoms. The average Bonchev–Trinajstić information content (AvgIpc) is 2.39. The van der Waals surface area contributed by atoms with Crippen LogP contribution in [-0.2, 0) is 0 Å². The van der Waals surface area contributed by atoms with Gasteiger partial charge in [-0.1, -0.05) is 45.2 Å². The normalized spacial score (nSPS) is 13.0. The highest BCUT2D eigenvalue weighted by molar-refractivity contribution is 9.10. The van der Waals surface area contributed by atoms with E-state index in [-0.39, 0.29) is 11.9 Å². The molecule has 1 unspecified atom stereocenters. The molecule has 0 spiro atoms. The van der Waals surface area contributed by atoms with Gasteiger partial charge in [0.05, 0.1) is 5.02 Å². The van der Waals surface area contributed by atoms with Crippen molar-refractivity contribution in [3.05, 3.63) is 33.0 Å². The van der Waals surface area contributed by atoms with E-state index in [9.17, 15) is 4.39 Å². The van der Waals surface area contributed by atoms with Gasteiger partial charge in [0.1, 0.15) is 5.82 Å². The fourth-order valence-corrected chi connectivity index (χ4v) is 2.85. The van der Waals surface area contributed by atoms with Crippen molar-refractivity contribution >= 4 is 27.5 Å². The Labute approximate surface area is 129 Å². The summed E-state index contributed by atoms with van der Waals surface area (Å²) in [5, 5.41) is 4.02. The maximum atomic E-state index is 14.2. The summed E-state index contributed by atoms with van der Waals surface area (Å²) in [5.41, 5.74) is 0.676. The molecule has 0 radical (unpaired) electrons. The maximum absolute atomic E-state index is 14.2. The Balaban J connectivity index is 3.12. The van der Waals surface area contributed by atoms with Crippen LogP contribution in [0.5, 0.6) is 0 Å². The van der Waals surface area contributed by atoms with Gasteiger partial charge in [0.2, 0.25) is 0 Å². The first-order chi connectivity index (χ1) is 9.04. The Bertz CT molecular complexity index is 407. The maximum Gasteiger partial charge on any atom is 0.129 e. The molecule has 108 valence electrons. The van der Waals surface area contributed by atoms with E-state index in [1.165, 1.54) is 6.07 Å². The van der Waals surface area contributed by atoms with E-state index in [0.717, 1.165) is 25.8 Å². The Kier molecular flexibility index (Phi) is 7.33. The minimum Gasteiger partial charge on any atom is -0.310 e. The molecule has 0 amide bonds. The molecular weight excluding hydrogens is 329 g/mol. The predicted octanol–water partition coefficient (Wildman–Crippen LogP) is 5.72. The van der Waals surface area contributed by atoms with Crippen molar-refractivity contribution in [2.24, 2.45) is 5.92 Å². The largest absolute Gasteiger partial charge is 0.310 e. The van der Waals surface area contributed by atoms with E-state index in [1.54, 1.807) is 6.07 Å². The van der Waals surface area contributed by atoms with Crippen molar-refractivity contribution in [3.8, 4) is 0 Å². The van der Waals surface area contributed by atoms with Crippen LogP contribution in [0.4, 0.5) is 4.39 Å². The fourth-order valence-electron chi connectivity index (χ4n) is 2.37. The summed E-state index contributed by atoms with van der Waals surface area (Å²) in [6.45, 7) is 7.29. The van der Waals surface area contributed by atoms with Crippen LogP contribution in [0, 0.1) is 11.7 Å². The molecule has 1 rings (SSSR count). The van der Waals surface area contributed by atoms with Crippen molar-refractivity contribution in [1.82, 2.24) is 5.32 Å². The molecule has 1 atom stereocenters. The van der Waals surface area contributed by atoms with Crippen LogP contribution in [0.15, 0.2) is 16.6 Å². The van der Waals surface area contributed by atoms with Crippen LogP contribution in [-0.4, -0.2) is 6.54 Å². The number of rotatable bonds is 7. The molecule has 1 aromatic rings. The Morgan fingerprint density at radius 3 is 2.42 bits per heavy atom. The van der Waals surface area contributed by atoms with Crippen LogP contribution < -0.4 is 5.32 Å². The monoisotopic (exact) mass is 349 g/mol. The topological polar surface area (TPSA) is 12.0 Å². The van der Waals surface area contributed by atoms with Gasteiger partial charge in [0, 0.05) is 16.1 Å². The number of hydrogen-bond acceptors (Lipinski definition) is 1. The first kappa shape index (κ1) is 16.9. The number of nitrogens with one attached hydrogen (secondary N) is 1. The SMILES string of the molecule is CCCNC(c1cc(Cl)c(Br)cc1F)C(CC)CC. The van der Waals surface area contributed by atoms with Crippen molar-refractivity contribution in [2.75, 3.05) is 6.54 Å². The van der Waals surface area contributed by atoms with E-state index in [2.05, 4.69) is 42.0 Å². The lowest BCUT2D eigenvalue weighted by atomic mass is 9.88. The van der Waals surface area contributed by atoms with E-state index in [1.807, 2.05) is 0 Å². The van der Waals surface area contributed by atoms with E-state index >= 15 is 0 Å². The summed E-state index contributed by atoms with van der Waals surface area (Å²) in [6, 6.07) is 3.23. The minimum atomic E-state index is -0.197. The van der Waals surface area contributed by atoms with Gasteiger partial charge in [-0.05, 0) is 46.9 Å². The van der Waals surface area contributed by atoms with Crippen LogP contribution in [0.2, 0.25) is 5.02 Å². The lowest BCUT2D eigenvalue weighted by Gasteiger charge is -2.27. The third kappa shape index (κ3) is 4.44. The quantitative estimate of drug-likeness (QED) is 0.620. The highest BCUT2D eigenvalue weighted by atomic mass is 79.9. The lowest BCUT2D eigenvalue weighted by Crippen LogP contribution is -2.29. The lowest BCUT2D eigenvalue weighted by molar-refractivity contribution is 0.333. The van der Waals surface area contributed by atoms with Gasteiger partial charge < -0.3 is 5.32 Å². The smallest absolute Gasteiger partial charge is 0.129 e. The third-order valence-electron chi connectivity index (χ3n) is 3.51. The summed E-state index contributed by atoms with van der Waals surface area (Å²) in [6.07, 6.45) is 3.07. The molecule has 0 saturated carbocycles. The molecule has 0 heterocycles. The molecule has 0 aliphatic heterocycles. The van der Waals surface area contributed by atoms with Gasteiger partial charge in [-0.3, -0.25) is 0 Å². The number of hydrogen-bond donors (Lipinski definition) is 1. The molecular formula is C15H22BrClFN. The molecule has 0 saturated heterocycles. The van der Waals surface area contributed by atoms with Gasteiger partial charge in [0.25, 0.3) is 0 Å². The first-order valence-corrected chi connectivity index (χ1v) is 8.09. The zero-order chi connectivity index (χ0) is 14.4. The Morgan fingerprint density at radius 1 is 1.26 bits per heavy atom. The minimum absolute atomic E-state index is 0.0283. The summed E-state index contributed by atoms with van der Waals surface area (Å²) >= 11 is 9.37. The molecule has 1 nitrogen and oxygen atoms in total. The summed E-state index contributed by atoms with van der Waals surface area (Å²) in [7, 11) is 0. The van der Waals surface area contributed by atoms with Gasteiger partial charge in [-0.25, -0.2) is 4.39 Å². The second kappa shape index (κ2) is 8.23. The summed E-state index contributed by atoms with van der Waals surface area (Å²) < 4.78 is 14.8. The second-order valence-corrected chi connectivity index (χ2v) is 6.06. The van der Waals surface area contributed by atoms with Gasteiger partial charge in [-0.15, -0.1) is 0 Å². The fraction of sp³-hybridized carbons (Fsp3) is 0.600. The van der Waals surface area contributed by atoms with Crippen LogP contribution in [0.3, 0.4) is 0 Å². The molecule has 0 bridgehead atoms. The van der Waals surface area contributed by atoms with Crippen molar-refractivity contribution < 1.29 is 4.39 Å². The number of benzene rings is 1. The molecule has 19 heavy (non-hydrogen) atoms. The van der Waals surface area contributed by atoms with Crippen molar-refractivity contribution in [2.45, 2.75) is 46.1 Å². The zero-order valence-electron chi connectivity index (χ0n) is 11.8. The van der Waals surface area contributed by atoms with Crippen molar-refractivity contribution in [3.63, 3.8) is 0 Å². The van der Waals surface area contributed by atoms with E-state index < -0.39 is 0 Å². The number of halogens is 3. The zero-order valence-corrected chi connectivity index (χ0v) is 14.1. The highest BCUT2D eigenvalue weighted by Crippen LogP contribution is 2.34. The summed E-state index contributed by atoms with van der Waals surface area (Å²) in [4.78, 5) is 0. The Morgan fingerprint density at radius 2 is 1.89 bits per heavy atom.